The third-order valence-corrected chi connectivity index (χ3v) is 3.41. The van der Waals surface area contributed by atoms with Crippen LogP contribution in [0.4, 0.5) is 0 Å². The minimum absolute atomic E-state index is 0.180. The predicted octanol–water partition coefficient (Wildman–Crippen LogP) is 1.32. The van der Waals surface area contributed by atoms with E-state index >= 15 is 0 Å². The second kappa shape index (κ2) is 5.03. The number of furan rings is 1. The molecule has 0 saturated carbocycles. The maximum absolute atomic E-state index is 12.1. The molecule has 0 aliphatic carbocycles. The van der Waals surface area contributed by atoms with Crippen LogP contribution in [0.25, 0.3) is 11.0 Å². The highest BCUT2D eigenvalue weighted by Crippen LogP contribution is 2.18. The molecule has 2 heterocycles. The van der Waals surface area contributed by atoms with Gasteiger partial charge in [0.15, 0.2) is 5.76 Å². The summed E-state index contributed by atoms with van der Waals surface area (Å²) in [5, 5.41) is 2.89. The van der Waals surface area contributed by atoms with Crippen molar-refractivity contribution in [3.05, 3.63) is 36.1 Å². The van der Waals surface area contributed by atoms with Crippen LogP contribution in [0.1, 0.15) is 10.6 Å². The Morgan fingerprint density at radius 1 is 1.21 bits per heavy atom. The predicted molar refractivity (Wildman–Crippen MR) is 72.8 cm³/mol. The standard InChI is InChI=1S/C14H17N3O2/c1-16-6-8-17(9-7-16)15-14(18)13-10-11-4-2-3-5-12(11)19-13/h2-5,10H,6-9H2,1H3,(H,15,18). The summed E-state index contributed by atoms with van der Waals surface area (Å²) < 4.78 is 5.54. The van der Waals surface area contributed by atoms with E-state index in [-0.39, 0.29) is 5.91 Å². The monoisotopic (exact) mass is 259 g/mol. The molecule has 1 fully saturated rings. The molecule has 1 amide bonds. The zero-order valence-corrected chi connectivity index (χ0v) is 10.9. The fourth-order valence-electron chi connectivity index (χ4n) is 2.21. The maximum Gasteiger partial charge on any atom is 0.301 e. The van der Waals surface area contributed by atoms with Crippen molar-refractivity contribution in [3.63, 3.8) is 0 Å². The summed E-state index contributed by atoms with van der Waals surface area (Å²) in [6.07, 6.45) is 0. The Balaban J connectivity index is 1.70. The lowest BCUT2D eigenvalue weighted by Crippen LogP contribution is -2.52. The molecule has 3 rings (SSSR count). The lowest BCUT2D eigenvalue weighted by atomic mass is 10.2. The molecular weight excluding hydrogens is 242 g/mol. The van der Waals surface area contributed by atoms with Crippen LogP contribution in [-0.2, 0) is 0 Å². The van der Waals surface area contributed by atoms with E-state index in [0.717, 1.165) is 37.1 Å². The zero-order chi connectivity index (χ0) is 13.2. The molecule has 2 aromatic rings. The topological polar surface area (TPSA) is 48.7 Å². The highest BCUT2D eigenvalue weighted by atomic mass is 16.3. The number of para-hydroxylation sites is 1. The largest absolute Gasteiger partial charge is 0.451 e. The Morgan fingerprint density at radius 2 is 1.95 bits per heavy atom. The van der Waals surface area contributed by atoms with E-state index in [4.69, 9.17) is 4.42 Å². The number of rotatable bonds is 2. The molecule has 0 bridgehead atoms. The van der Waals surface area contributed by atoms with Gasteiger partial charge >= 0.3 is 5.91 Å². The van der Waals surface area contributed by atoms with Crippen molar-refractivity contribution >= 4 is 16.9 Å². The quantitative estimate of drug-likeness (QED) is 0.884. The van der Waals surface area contributed by atoms with Crippen molar-refractivity contribution < 1.29 is 9.21 Å². The van der Waals surface area contributed by atoms with Gasteiger partial charge in [0, 0.05) is 31.6 Å². The number of hydrogen-bond donors (Lipinski definition) is 1. The second-order valence-electron chi connectivity index (χ2n) is 4.88. The molecule has 1 aromatic heterocycles. The molecule has 1 aliphatic heterocycles. The van der Waals surface area contributed by atoms with E-state index in [1.54, 1.807) is 6.07 Å². The molecule has 0 atom stereocenters. The van der Waals surface area contributed by atoms with Crippen LogP contribution in [-0.4, -0.2) is 49.0 Å². The molecule has 1 aromatic carbocycles. The lowest BCUT2D eigenvalue weighted by Gasteiger charge is -2.32. The molecule has 0 radical (unpaired) electrons. The van der Waals surface area contributed by atoms with Crippen LogP contribution < -0.4 is 5.43 Å². The SMILES string of the molecule is CN1CCN(NC(=O)c2cc3ccccc3o2)CC1. The highest BCUT2D eigenvalue weighted by Gasteiger charge is 2.18. The van der Waals surface area contributed by atoms with Crippen LogP contribution in [0, 0.1) is 0 Å². The molecule has 5 nitrogen and oxygen atoms in total. The Labute approximate surface area is 111 Å². The number of nitrogens with zero attached hydrogens (tertiary/aromatic N) is 2. The van der Waals surface area contributed by atoms with Crippen molar-refractivity contribution in [2.24, 2.45) is 0 Å². The number of nitrogens with one attached hydrogen (secondary N) is 1. The minimum Gasteiger partial charge on any atom is -0.451 e. The third kappa shape index (κ3) is 2.62. The first kappa shape index (κ1) is 12.2. The summed E-state index contributed by atoms with van der Waals surface area (Å²) in [7, 11) is 2.08. The third-order valence-electron chi connectivity index (χ3n) is 3.41. The van der Waals surface area contributed by atoms with E-state index in [1.807, 2.05) is 29.3 Å². The molecule has 0 unspecified atom stereocenters. The summed E-state index contributed by atoms with van der Waals surface area (Å²) in [6, 6.07) is 9.40. The van der Waals surface area contributed by atoms with Gasteiger partial charge in [0.1, 0.15) is 5.58 Å². The summed E-state index contributed by atoms with van der Waals surface area (Å²) >= 11 is 0. The van der Waals surface area contributed by atoms with Gasteiger partial charge < -0.3 is 9.32 Å². The van der Waals surface area contributed by atoms with Crippen molar-refractivity contribution in [2.75, 3.05) is 33.2 Å². The number of carbonyl (C=O) groups excluding carboxylic acids is 1. The van der Waals surface area contributed by atoms with Gasteiger partial charge in [-0.15, -0.1) is 0 Å². The summed E-state index contributed by atoms with van der Waals surface area (Å²) in [5.41, 5.74) is 3.63. The van der Waals surface area contributed by atoms with Gasteiger partial charge in [-0.05, 0) is 19.2 Å². The zero-order valence-electron chi connectivity index (χ0n) is 10.9. The van der Waals surface area contributed by atoms with Crippen molar-refractivity contribution in [1.82, 2.24) is 15.3 Å². The fraction of sp³-hybridized carbons (Fsp3) is 0.357. The van der Waals surface area contributed by atoms with E-state index < -0.39 is 0 Å². The van der Waals surface area contributed by atoms with E-state index in [9.17, 15) is 4.79 Å². The number of hydrogen-bond acceptors (Lipinski definition) is 4. The number of piperazine rings is 1. The Morgan fingerprint density at radius 3 is 2.68 bits per heavy atom. The Kier molecular flexibility index (Phi) is 3.23. The fourth-order valence-corrected chi connectivity index (χ4v) is 2.21. The maximum atomic E-state index is 12.1. The van der Waals surface area contributed by atoms with Crippen molar-refractivity contribution in [1.29, 1.82) is 0 Å². The highest BCUT2D eigenvalue weighted by molar-refractivity contribution is 5.95. The Hall–Kier alpha value is -1.85. The van der Waals surface area contributed by atoms with Crippen molar-refractivity contribution in [3.8, 4) is 0 Å². The number of amides is 1. The number of carbonyl (C=O) groups is 1. The molecule has 100 valence electrons. The molecular formula is C14H17N3O2. The van der Waals surface area contributed by atoms with Gasteiger partial charge in [0.2, 0.25) is 0 Å². The first-order chi connectivity index (χ1) is 9.22. The van der Waals surface area contributed by atoms with Gasteiger partial charge in [-0.25, -0.2) is 5.01 Å². The van der Waals surface area contributed by atoms with E-state index in [2.05, 4.69) is 17.4 Å². The molecule has 5 heteroatoms. The van der Waals surface area contributed by atoms with Crippen LogP contribution in [0.2, 0.25) is 0 Å². The normalized spacial score (nSPS) is 17.7. The van der Waals surface area contributed by atoms with Gasteiger partial charge in [0.25, 0.3) is 0 Å². The van der Waals surface area contributed by atoms with E-state index in [0.29, 0.717) is 5.76 Å². The number of hydrazine groups is 1. The second-order valence-corrected chi connectivity index (χ2v) is 4.88. The first-order valence-electron chi connectivity index (χ1n) is 6.45. The molecule has 1 N–H and O–H groups in total. The number of benzene rings is 1. The van der Waals surface area contributed by atoms with Gasteiger partial charge in [-0.1, -0.05) is 18.2 Å². The molecule has 1 saturated heterocycles. The Bertz CT molecular complexity index is 552. The van der Waals surface area contributed by atoms with Crippen LogP contribution in [0.5, 0.6) is 0 Å². The lowest BCUT2D eigenvalue weighted by molar-refractivity contribution is 0.0639. The van der Waals surface area contributed by atoms with Crippen LogP contribution >= 0.6 is 0 Å². The minimum atomic E-state index is -0.180. The number of likely N-dealkylation sites (N-methyl/N-ethyl adjacent to an activating group) is 1. The van der Waals surface area contributed by atoms with E-state index in [1.165, 1.54) is 0 Å². The van der Waals surface area contributed by atoms with Crippen LogP contribution in [0.3, 0.4) is 0 Å². The summed E-state index contributed by atoms with van der Waals surface area (Å²) in [6.45, 7) is 3.59. The first-order valence-corrected chi connectivity index (χ1v) is 6.45. The van der Waals surface area contributed by atoms with Crippen molar-refractivity contribution in [2.45, 2.75) is 0 Å². The molecule has 1 aliphatic rings. The van der Waals surface area contributed by atoms with Gasteiger partial charge in [-0.3, -0.25) is 10.2 Å². The summed E-state index contributed by atoms with van der Waals surface area (Å²) in [5.74, 6) is 0.181. The van der Waals surface area contributed by atoms with Gasteiger partial charge in [0.05, 0.1) is 0 Å². The number of fused-ring (bicyclic) bond motifs is 1. The molecule has 0 spiro atoms. The average molecular weight is 259 g/mol. The summed E-state index contributed by atoms with van der Waals surface area (Å²) in [4.78, 5) is 14.3. The van der Waals surface area contributed by atoms with Gasteiger partial charge in [-0.2, -0.15) is 0 Å². The smallest absolute Gasteiger partial charge is 0.301 e. The molecule has 19 heavy (non-hydrogen) atoms. The average Bonchev–Trinajstić information content (AvgIpc) is 2.85. The van der Waals surface area contributed by atoms with Crippen LogP contribution in [0.15, 0.2) is 34.7 Å².